The molecule has 68 valence electrons. The zero-order chi connectivity index (χ0) is 9.68. The Bertz CT molecular complexity index is 400. The molecule has 0 fully saturated rings. The Morgan fingerprint density at radius 1 is 1.69 bits per heavy atom. The number of aromatic nitrogens is 2. The molecule has 1 aromatic heterocycles. The van der Waals surface area contributed by atoms with Gasteiger partial charge in [-0.15, -0.1) is 11.8 Å². The molecule has 0 unspecified atom stereocenters. The maximum atomic E-state index is 11.4. The van der Waals surface area contributed by atoms with Crippen LogP contribution in [0.5, 0.6) is 0 Å². The maximum absolute atomic E-state index is 11.4. The number of hydrogen-bond donors (Lipinski definition) is 0. The standard InChI is InChI=1S/C9H9BrN2O/c1-2-3-4-5-12-7-11-6-8(10)9(12)13/h6-7H,4-5H2,1H3. The van der Waals surface area contributed by atoms with Crippen molar-refractivity contribution >= 4 is 15.9 Å². The molecule has 1 aromatic rings. The van der Waals surface area contributed by atoms with E-state index < -0.39 is 0 Å². The lowest BCUT2D eigenvalue weighted by molar-refractivity contribution is 0.668. The molecule has 0 saturated carbocycles. The fourth-order valence-corrected chi connectivity index (χ4v) is 1.23. The first kappa shape index (κ1) is 10.0. The Hall–Kier alpha value is -1.08. The molecule has 1 heterocycles. The number of nitrogens with zero attached hydrogens (tertiary/aromatic N) is 2. The van der Waals surface area contributed by atoms with Crippen molar-refractivity contribution in [3.63, 3.8) is 0 Å². The van der Waals surface area contributed by atoms with Crippen molar-refractivity contribution in [3.8, 4) is 11.8 Å². The summed E-state index contributed by atoms with van der Waals surface area (Å²) in [5, 5.41) is 0. The maximum Gasteiger partial charge on any atom is 0.267 e. The van der Waals surface area contributed by atoms with Gasteiger partial charge in [-0.2, -0.15) is 0 Å². The summed E-state index contributed by atoms with van der Waals surface area (Å²) in [6, 6.07) is 0. The van der Waals surface area contributed by atoms with Gasteiger partial charge in [0.2, 0.25) is 0 Å². The zero-order valence-corrected chi connectivity index (χ0v) is 8.84. The van der Waals surface area contributed by atoms with Crippen molar-refractivity contribution in [2.75, 3.05) is 0 Å². The molecule has 0 atom stereocenters. The predicted octanol–water partition coefficient (Wildman–Crippen LogP) is 1.42. The summed E-state index contributed by atoms with van der Waals surface area (Å²) in [7, 11) is 0. The van der Waals surface area contributed by atoms with E-state index in [4.69, 9.17) is 0 Å². The highest BCUT2D eigenvalue weighted by molar-refractivity contribution is 9.10. The molecule has 0 amide bonds. The van der Waals surface area contributed by atoms with Crippen LogP contribution in [0.15, 0.2) is 21.8 Å². The van der Waals surface area contributed by atoms with Crippen molar-refractivity contribution in [1.82, 2.24) is 9.55 Å². The third-order valence-electron chi connectivity index (χ3n) is 1.51. The van der Waals surface area contributed by atoms with Crippen molar-refractivity contribution in [3.05, 3.63) is 27.4 Å². The molecule has 13 heavy (non-hydrogen) atoms. The van der Waals surface area contributed by atoms with Crippen LogP contribution in [-0.2, 0) is 6.54 Å². The predicted molar refractivity (Wildman–Crippen MR) is 54.3 cm³/mol. The topological polar surface area (TPSA) is 34.9 Å². The van der Waals surface area contributed by atoms with E-state index in [1.54, 1.807) is 6.92 Å². The monoisotopic (exact) mass is 240 g/mol. The highest BCUT2D eigenvalue weighted by atomic mass is 79.9. The van der Waals surface area contributed by atoms with E-state index in [9.17, 15) is 4.79 Å². The largest absolute Gasteiger partial charge is 0.297 e. The molecule has 0 spiro atoms. The second-order valence-electron chi connectivity index (χ2n) is 2.42. The van der Waals surface area contributed by atoms with Gasteiger partial charge >= 0.3 is 0 Å². The van der Waals surface area contributed by atoms with Crippen LogP contribution in [0, 0.1) is 11.8 Å². The van der Waals surface area contributed by atoms with Gasteiger partial charge in [0.15, 0.2) is 0 Å². The van der Waals surface area contributed by atoms with Gasteiger partial charge in [0.1, 0.15) is 4.47 Å². The summed E-state index contributed by atoms with van der Waals surface area (Å²) in [5.41, 5.74) is -0.0621. The molecule has 0 aliphatic rings. The van der Waals surface area contributed by atoms with Crippen molar-refractivity contribution in [1.29, 1.82) is 0 Å². The smallest absolute Gasteiger partial charge is 0.267 e. The van der Waals surface area contributed by atoms with E-state index in [0.29, 0.717) is 17.4 Å². The quantitative estimate of drug-likeness (QED) is 0.734. The summed E-state index contributed by atoms with van der Waals surface area (Å²) < 4.78 is 2.02. The third-order valence-corrected chi connectivity index (χ3v) is 2.06. The first-order valence-corrected chi connectivity index (χ1v) is 4.64. The molecule has 4 heteroatoms. The normalized spacial score (nSPS) is 9.08. The SMILES string of the molecule is CC#CCCn1cncc(Br)c1=O. The Morgan fingerprint density at radius 2 is 2.46 bits per heavy atom. The van der Waals surface area contributed by atoms with Crippen LogP contribution >= 0.6 is 15.9 Å². The Morgan fingerprint density at radius 3 is 3.15 bits per heavy atom. The lowest BCUT2D eigenvalue weighted by atomic mass is 10.4. The molecule has 3 nitrogen and oxygen atoms in total. The number of aryl methyl sites for hydroxylation is 1. The lowest BCUT2D eigenvalue weighted by Gasteiger charge is -2.00. The molecular formula is C9H9BrN2O. The minimum absolute atomic E-state index is 0.0621. The van der Waals surface area contributed by atoms with E-state index in [2.05, 4.69) is 32.8 Å². The minimum Gasteiger partial charge on any atom is -0.297 e. The third kappa shape index (κ3) is 2.71. The van der Waals surface area contributed by atoms with Crippen molar-refractivity contribution < 1.29 is 0 Å². The van der Waals surface area contributed by atoms with Crippen LogP contribution in [0.2, 0.25) is 0 Å². The van der Waals surface area contributed by atoms with Crippen LogP contribution in [0.1, 0.15) is 13.3 Å². The van der Waals surface area contributed by atoms with Gasteiger partial charge in [0.05, 0.1) is 6.33 Å². The Kier molecular flexibility index (Phi) is 3.71. The lowest BCUT2D eigenvalue weighted by Crippen LogP contribution is -2.20. The van der Waals surface area contributed by atoms with Gasteiger partial charge in [-0.3, -0.25) is 9.36 Å². The van der Waals surface area contributed by atoms with Gasteiger partial charge in [0.25, 0.3) is 5.56 Å². The molecular weight excluding hydrogens is 232 g/mol. The summed E-state index contributed by atoms with van der Waals surface area (Å²) in [4.78, 5) is 15.3. The van der Waals surface area contributed by atoms with Crippen molar-refractivity contribution in [2.45, 2.75) is 19.9 Å². The van der Waals surface area contributed by atoms with Gasteiger partial charge in [-0.25, -0.2) is 4.98 Å². The van der Waals surface area contributed by atoms with E-state index in [1.807, 2.05) is 0 Å². The van der Waals surface area contributed by atoms with Gasteiger partial charge in [-0.1, -0.05) is 0 Å². The summed E-state index contributed by atoms with van der Waals surface area (Å²) in [6.45, 7) is 2.37. The van der Waals surface area contributed by atoms with Crippen molar-refractivity contribution in [2.24, 2.45) is 0 Å². The van der Waals surface area contributed by atoms with Gasteiger partial charge in [0, 0.05) is 19.2 Å². The van der Waals surface area contributed by atoms with E-state index in [0.717, 1.165) is 0 Å². The molecule has 0 bridgehead atoms. The Labute approximate surface area is 84.9 Å². The van der Waals surface area contributed by atoms with E-state index in [1.165, 1.54) is 17.1 Å². The fourth-order valence-electron chi connectivity index (χ4n) is 0.885. The molecule has 0 N–H and O–H groups in total. The summed E-state index contributed by atoms with van der Waals surface area (Å²) in [6.07, 6.45) is 3.68. The number of rotatable bonds is 2. The average Bonchev–Trinajstić information content (AvgIpc) is 2.13. The average molecular weight is 241 g/mol. The summed E-state index contributed by atoms with van der Waals surface area (Å²) >= 11 is 3.12. The van der Waals surface area contributed by atoms with Crippen LogP contribution in [0.4, 0.5) is 0 Å². The fraction of sp³-hybridized carbons (Fsp3) is 0.333. The first-order chi connectivity index (χ1) is 6.25. The van der Waals surface area contributed by atoms with Gasteiger partial charge < -0.3 is 0 Å². The van der Waals surface area contributed by atoms with Gasteiger partial charge in [-0.05, 0) is 22.9 Å². The second kappa shape index (κ2) is 4.83. The number of halogens is 1. The Balaban J connectivity index is 2.81. The molecule has 0 saturated heterocycles. The second-order valence-corrected chi connectivity index (χ2v) is 3.27. The van der Waals surface area contributed by atoms with Crippen LogP contribution < -0.4 is 5.56 Å². The van der Waals surface area contributed by atoms with Crippen LogP contribution in [0.3, 0.4) is 0 Å². The van der Waals surface area contributed by atoms with E-state index in [-0.39, 0.29) is 5.56 Å². The highest BCUT2D eigenvalue weighted by Crippen LogP contribution is 1.98. The minimum atomic E-state index is -0.0621. The molecule has 0 aromatic carbocycles. The first-order valence-electron chi connectivity index (χ1n) is 3.85. The molecule has 0 aliphatic carbocycles. The van der Waals surface area contributed by atoms with Crippen LogP contribution in [0.25, 0.3) is 0 Å². The highest BCUT2D eigenvalue weighted by Gasteiger charge is 1.98. The van der Waals surface area contributed by atoms with Crippen LogP contribution in [-0.4, -0.2) is 9.55 Å². The summed E-state index contributed by atoms with van der Waals surface area (Å²) in [5.74, 6) is 5.67. The molecule has 0 radical (unpaired) electrons. The zero-order valence-electron chi connectivity index (χ0n) is 7.25. The molecule has 0 aliphatic heterocycles. The molecule has 1 rings (SSSR count). The number of hydrogen-bond acceptors (Lipinski definition) is 2. The van der Waals surface area contributed by atoms with E-state index >= 15 is 0 Å².